The third kappa shape index (κ3) is 2.55. The average Bonchev–Trinajstić information content (AvgIpc) is 2.80. The topological polar surface area (TPSA) is 59.3 Å². The van der Waals surface area contributed by atoms with Gasteiger partial charge >= 0.3 is 0 Å². The fourth-order valence-corrected chi connectivity index (χ4v) is 1.88. The molecule has 0 spiro atoms. The van der Waals surface area contributed by atoms with Gasteiger partial charge in [0.15, 0.2) is 0 Å². The van der Waals surface area contributed by atoms with Gasteiger partial charge in [-0.25, -0.2) is 4.98 Å². The lowest BCUT2D eigenvalue weighted by atomic mass is 10.0. The largest absolute Gasteiger partial charge is 0.386 e. The van der Waals surface area contributed by atoms with Crippen LogP contribution >= 0.6 is 11.6 Å². The number of hydrogen-bond acceptors (Lipinski definition) is 4. The van der Waals surface area contributed by atoms with Crippen LogP contribution in [0.2, 0.25) is 5.15 Å². The maximum absolute atomic E-state index is 10.0. The van der Waals surface area contributed by atoms with E-state index in [1.165, 1.54) is 0 Å². The quantitative estimate of drug-likeness (QED) is 0.802. The average molecular weight is 246 g/mol. The van der Waals surface area contributed by atoms with Gasteiger partial charge < -0.3 is 19.7 Å². The second-order valence-electron chi connectivity index (χ2n) is 4.19. The molecule has 0 radical (unpaired) electrons. The van der Waals surface area contributed by atoms with Gasteiger partial charge in [0.05, 0.1) is 19.3 Å². The number of nitrogens with one attached hydrogen (secondary N) is 1. The van der Waals surface area contributed by atoms with E-state index in [0.29, 0.717) is 37.9 Å². The van der Waals surface area contributed by atoms with Crippen molar-refractivity contribution < 1.29 is 9.84 Å². The zero-order valence-corrected chi connectivity index (χ0v) is 10.00. The van der Waals surface area contributed by atoms with Crippen LogP contribution in [0, 0.1) is 0 Å². The Kier molecular flexibility index (Phi) is 3.49. The van der Waals surface area contributed by atoms with Crippen molar-refractivity contribution >= 4 is 11.6 Å². The number of aliphatic hydroxyl groups is 1. The molecule has 16 heavy (non-hydrogen) atoms. The molecule has 2 heterocycles. The van der Waals surface area contributed by atoms with Gasteiger partial charge in [-0.3, -0.25) is 0 Å². The lowest BCUT2D eigenvalue weighted by molar-refractivity contribution is 0.0267. The van der Waals surface area contributed by atoms with Crippen molar-refractivity contribution in [2.45, 2.75) is 18.6 Å². The molecule has 5 nitrogen and oxygen atoms in total. The summed E-state index contributed by atoms with van der Waals surface area (Å²) in [6.07, 6.45) is 2.30. The van der Waals surface area contributed by atoms with Gasteiger partial charge in [-0.15, -0.1) is 0 Å². The summed E-state index contributed by atoms with van der Waals surface area (Å²) in [6.45, 7) is 2.14. The molecule has 2 rings (SSSR count). The molecule has 6 heteroatoms. The van der Waals surface area contributed by atoms with Crippen molar-refractivity contribution in [3.05, 3.63) is 17.2 Å². The molecular weight excluding hydrogens is 230 g/mol. The van der Waals surface area contributed by atoms with E-state index in [4.69, 9.17) is 16.3 Å². The first-order chi connectivity index (χ1) is 7.61. The number of hydrogen-bond donors (Lipinski definition) is 2. The Morgan fingerprint density at radius 1 is 1.75 bits per heavy atom. The highest BCUT2D eigenvalue weighted by Gasteiger charge is 2.31. The molecule has 0 amide bonds. The minimum atomic E-state index is -0.727. The standard InChI is InChI=1S/C10H16ClN3O2/c1-14-8(11)4-13-9(14)5-12-6-10(15)2-3-16-7-10/h4,12,15H,2-3,5-7H2,1H3. The molecule has 0 aromatic carbocycles. The number of halogens is 1. The summed E-state index contributed by atoms with van der Waals surface area (Å²) in [5.74, 6) is 0.854. The second-order valence-corrected chi connectivity index (χ2v) is 4.57. The van der Waals surface area contributed by atoms with Crippen LogP contribution in [-0.2, 0) is 18.3 Å². The SMILES string of the molecule is Cn1c(Cl)cnc1CNCC1(O)CCOC1. The van der Waals surface area contributed by atoms with Crippen LogP contribution in [0.4, 0.5) is 0 Å². The molecule has 90 valence electrons. The lowest BCUT2D eigenvalue weighted by Gasteiger charge is -2.20. The van der Waals surface area contributed by atoms with Gasteiger partial charge in [-0.2, -0.15) is 0 Å². The van der Waals surface area contributed by atoms with Crippen LogP contribution in [0.3, 0.4) is 0 Å². The minimum absolute atomic E-state index is 0.404. The van der Waals surface area contributed by atoms with E-state index in [9.17, 15) is 5.11 Å². The maximum atomic E-state index is 10.0. The molecule has 1 fully saturated rings. The molecule has 1 aliphatic heterocycles. The van der Waals surface area contributed by atoms with Gasteiger partial charge in [-0.05, 0) is 0 Å². The molecule has 2 N–H and O–H groups in total. The molecule has 0 bridgehead atoms. The molecular formula is C10H16ClN3O2. The lowest BCUT2D eigenvalue weighted by Crippen LogP contribution is -2.41. The predicted molar refractivity (Wildman–Crippen MR) is 60.3 cm³/mol. The van der Waals surface area contributed by atoms with E-state index in [1.807, 2.05) is 11.6 Å². The van der Waals surface area contributed by atoms with Crippen LogP contribution in [0.1, 0.15) is 12.2 Å². The number of rotatable bonds is 4. The van der Waals surface area contributed by atoms with Crippen molar-refractivity contribution in [3.63, 3.8) is 0 Å². The summed E-state index contributed by atoms with van der Waals surface area (Å²) in [5, 5.41) is 13.8. The Morgan fingerprint density at radius 3 is 3.12 bits per heavy atom. The Hall–Kier alpha value is -0.620. The summed E-state index contributed by atoms with van der Waals surface area (Å²) in [5.41, 5.74) is -0.727. The molecule has 0 saturated carbocycles. The Morgan fingerprint density at radius 2 is 2.56 bits per heavy atom. The van der Waals surface area contributed by atoms with E-state index in [-0.39, 0.29) is 0 Å². The molecule has 1 unspecified atom stereocenters. The third-order valence-electron chi connectivity index (χ3n) is 2.85. The van der Waals surface area contributed by atoms with E-state index in [2.05, 4.69) is 10.3 Å². The fourth-order valence-electron chi connectivity index (χ4n) is 1.73. The van der Waals surface area contributed by atoms with E-state index < -0.39 is 5.60 Å². The molecule has 1 atom stereocenters. The van der Waals surface area contributed by atoms with Crippen LogP contribution in [0.25, 0.3) is 0 Å². The highest BCUT2D eigenvalue weighted by Crippen LogP contribution is 2.17. The van der Waals surface area contributed by atoms with Gasteiger partial charge in [0.1, 0.15) is 16.6 Å². The normalized spacial score (nSPS) is 25.2. The summed E-state index contributed by atoms with van der Waals surface area (Å²) in [7, 11) is 1.86. The van der Waals surface area contributed by atoms with Crippen LogP contribution in [0.15, 0.2) is 6.20 Å². The van der Waals surface area contributed by atoms with Crippen molar-refractivity contribution in [2.24, 2.45) is 7.05 Å². The smallest absolute Gasteiger partial charge is 0.128 e. The summed E-state index contributed by atoms with van der Waals surface area (Å²) in [6, 6.07) is 0. The van der Waals surface area contributed by atoms with Crippen LogP contribution in [0.5, 0.6) is 0 Å². The minimum Gasteiger partial charge on any atom is -0.386 e. The monoisotopic (exact) mass is 245 g/mol. The van der Waals surface area contributed by atoms with Crippen LogP contribution < -0.4 is 5.32 Å². The van der Waals surface area contributed by atoms with Gasteiger partial charge in [0.2, 0.25) is 0 Å². The van der Waals surface area contributed by atoms with Crippen molar-refractivity contribution in [1.29, 1.82) is 0 Å². The zero-order chi connectivity index (χ0) is 11.6. The van der Waals surface area contributed by atoms with Gasteiger partial charge in [0.25, 0.3) is 0 Å². The summed E-state index contributed by atoms with van der Waals surface area (Å²) in [4.78, 5) is 4.16. The highest BCUT2D eigenvalue weighted by molar-refractivity contribution is 6.29. The van der Waals surface area contributed by atoms with E-state index >= 15 is 0 Å². The van der Waals surface area contributed by atoms with Crippen molar-refractivity contribution in [3.8, 4) is 0 Å². The molecule has 1 aromatic rings. The third-order valence-corrected chi connectivity index (χ3v) is 3.20. The molecule has 1 aliphatic rings. The first-order valence-corrected chi connectivity index (χ1v) is 5.65. The fraction of sp³-hybridized carbons (Fsp3) is 0.700. The van der Waals surface area contributed by atoms with Crippen molar-refractivity contribution in [1.82, 2.24) is 14.9 Å². The second kappa shape index (κ2) is 4.71. The predicted octanol–water partition coefficient (Wildman–Crippen LogP) is 0.315. The number of nitrogens with zero attached hydrogens (tertiary/aromatic N) is 2. The van der Waals surface area contributed by atoms with Crippen molar-refractivity contribution in [2.75, 3.05) is 19.8 Å². The van der Waals surface area contributed by atoms with E-state index in [1.54, 1.807) is 6.20 Å². The molecule has 0 aliphatic carbocycles. The van der Waals surface area contributed by atoms with Gasteiger partial charge in [0, 0.05) is 26.6 Å². The number of ether oxygens (including phenoxy) is 1. The first kappa shape index (κ1) is 11.9. The van der Waals surface area contributed by atoms with E-state index in [0.717, 1.165) is 5.82 Å². The number of aromatic nitrogens is 2. The molecule has 1 saturated heterocycles. The summed E-state index contributed by atoms with van der Waals surface area (Å²) >= 11 is 5.87. The first-order valence-electron chi connectivity index (χ1n) is 5.28. The maximum Gasteiger partial charge on any atom is 0.128 e. The Bertz CT molecular complexity index is 361. The van der Waals surface area contributed by atoms with Crippen LogP contribution in [-0.4, -0.2) is 40.0 Å². The molecule has 1 aromatic heterocycles. The number of imidazole rings is 1. The highest BCUT2D eigenvalue weighted by atomic mass is 35.5. The Balaban J connectivity index is 1.82. The Labute approximate surface area is 99.4 Å². The summed E-state index contributed by atoms with van der Waals surface area (Å²) < 4.78 is 6.97. The zero-order valence-electron chi connectivity index (χ0n) is 9.24. The van der Waals surface area contributed by atoms with Gasteiger partial charge in [-0.1, -0.05) is 11.6 Å².